The average Bonchev–Trinajstić information content (AvgIpc) is 2.17. The summed E-state index contributed by atoms with van der Waals surface area (Å²) in [6.07, 6.45) is 2.12. The number of carboxylic acid groups (broad SMARTS) is 1. The standard InChI is InChI=1S/C10H17NO4/c1-7(9(12)13)5-4-6-8(2)15-10(14)11-3/h5,8H,4,6H2,1-3H3,(H,11,14)(H,12,13)/b7-5+. The molecule has 0 saturated carbocycles. The lowest BCUT2D eigenvalue weighted by Crippen LogP contribution is -2.24. The quantitative estimate of drug-likeness (QED) is 0.682. The van der Waals surface area contributed by atoms with Crippen LogP contribution in [-0.2, 0) is 9.53 Å². The second-order valence-electron chi connectivity index (χ2n) is 3.24. The number of carboxylic acids is 1. The third-order valence-electron chi connectivity index (χ3n) is 1.87. The first kappa shape index (κ1) is 13.5. The average molecular weight is 215 g/mol. The minimum absolute atomic E-state index is 0.220. The number of alkyl carbamates (subject to hydrolysis) is 1. The number of allylic oxidation sites excluding steroid dienone is 1. The predicted molar refractivity (Wildman–Crippen MR) is 55.6 cm³/mol. The highest BCUT2D eigenvalue weighted by molar-refractivity contribution is 5.85. The van der Waals surface area contributed by atoms with E-state index in [1.165, 1.54) is 14.0 Å². The Morgan fingerprint density at radius 1 is 1.53 bits per heavy atom. The second kappa shape index (κ2) is 6.86. The van der Waals surface area contributed by atoms with Crippen LogP contribution in [0.15, 0.2) is 11.6 Å². The summed E-state index contributed by atoms with van der Waals surface area (Å²) in [4.78, 5) is 21.2. The van der Waals surface area contributed by atoms with Gasteiger partial charge >= 0.3 is 12.1 Å². The molecule has 15 heavy (non-hydrogen) atoms. The van der Waals surface area contributed by atoms with Gasteiger partial charge in [0.2, 0.25) is 0 Å². The molecule has 0 aliphatic heterocycles. The van der Waals surface area contributed by atoms with E-state index in [1.54, 1.807) is 13.0 Å². The summed E-state index contributed by atoms with van der Waals surface area (Å²) in [6.45, 7) is 3.30. The zero-order chi connectivity index (χ0) is 11.8. The van der Waals surface area contributed by atoms with Gasteiger partial charge in [-0.15, -0.1) is 0 Å². The molecule has 0 aliphatic rings. The maximum atomic E-state index is 10.8. The third kappa shape index (κ3) is 6.54. The number of amides is 1. The minimum Gasteiger partial charge on any atom is -0.478 e. The van der Waals surface area contributed by atoms with E-state index >= 15 is 0 Å². The number of aliphatic carboxylic acids is 1. The molecule has 0 heterocycles. The van der Waals surface area contributed by atoms with Crippen molar-refractivity contribution in [3.63, 3.8) is 0 Å². The Kier molecular flexibility index (Phi) is 6.17. The van der Waals surface area contributed by atoms with Crippen molar-refractivity contribution in [2.45, 2.75) is 32.8 Å². The van der Waals surface area contributed by atoms with Gasteiger partial charge in [0.1, 0.15) is 6.10 Å². The van der Waals surface area contributed by atoms with E-state index in [9.17, 15) is 9.59 Å². The van der Waals surface area contributed by atoms with Gasteiger partial charge in [-0.25, -0.2) is 9.59 Å². The van der Waals surface area contributed by atoms with Crippen LogP contribution in [0.3, 0.4) is 0 Å². The normalized spacial score (nSPS) is 13.1. The molecule has 2 N–H and O–H groups in total. The van der Waals surface area contributed by atoms with Crippen LogP contribution in [0.4, 0.5) is 4.79 Å². The van der Waals surface area contributed by atoms with Crippen LogP contribution < -0.4 is 5.32 Å². The molecule has 0 fully saturated rings. The van der Waals surface area contributed by atoms with E-state index in [0.29, 0.717) is 18.4 Å². The number of ether oxygens (including phenoxy) is 1. The topological polar surface area (TPSA) is 75.6 Å². The molecule has 0 aromatic heterocycles. The molecular formula is C10H17NO4. The Balaban J connectivity index is 3.81. The van der Waals surface area contributed by atoms with Gasteiger partial charge in [-0.2, -0.15) is 0 Å². The molecule has 5 nitrogen and oxygen atoms in total. The van der Waals surface area contributed by atoms with E-state index in [2.05, 4.69) is 5.32 Å². The second-order valence-corrected chi connectivity index (χ2v) is 3.24. The summed E-state index contributed by atoms with van der Waals surface area (Å²) in [7, 11) is 1.49. The molecular weight excluding hydrogens is 198 g/mol. The van der Waals surface area contributed by atoms with Crippen molar-refractivity contribution in [3.05, 3.63) is 11.6 Å². The Bertz CT molecular complexity index is 260. The molecule has 0 aliphatic carbocycles. The van der Waals surface area contributed by atoms with E-state index in [0.717, 1.165) is 0 Å². The highest BCUT2D eigenvalue weighted by Crippen LogP contribution is 2.05. The Morgan fingerprint density at radius 2 is 2.13 bits per heavy atom. The van der Waals surface area contributed by atoms with Gasteiger partial charge in [0.05, 0.1) is 0 Å². The number of carbonyl (C=O) groups is 2. The van der Waals surface area contributed by atoms with Crippen molar-refractivity contribution >= 4 is 12.1 Å². The van der Waals surface area contributed by atoms with Gasteiger partial charge in [0.15, 0.2) is 0 Å². The van der Waals surface area contributed by atoms with Crippen LogP contribution >= 0.6 is 0 Å². The summed E-state index contributed by atoms with van der Waals surface area (Å²) < 4.78 is 4.92. The molecule has 1 unspecified atom stereocenters. The lowest BCUT2D eigenvalue weighted by atomic mass is 10.1. The van der Waals surface area contributed by atoms with Crippen molar-refractivity contribution in [2.24, 2.45) is 0 Å². The van der Waals surface area contributed by atoms with Crippen molar-refractivity contribution < 1.29 is 19.4 Å². The molecule has 86 valence electrons. The summed E-state index contributed by atoms with van der Waals surface area (Å²) >= 11 is 0. The van der Waals surface area contributed by atoms with Gasteiger partial charge in [0.25, 0.3) is 0 Å². The number of nitrogens with one attached hydrogen (secondary N) is 1. The van der Waals surface area contributed by atoms with Gasteiger partial charge in [-0.1, -0.05) is 6.08 Å². The van der Waals surface area contributed by atoms with Crippen LogP contribution in [0, 0.1) is 0 Å². The van der Waals surface area contributed by atoms with Crippen LogP contribution in [-0.4, -0.2) is 30.3 Å². The Hall–Kier alpha value is -1.52. The molecule has 0 spiro atoms. The van der Waals surface area contributed by atoms with Crippen LogP contribution in [0.5, 0.6) is 0 Å². The fraction of sp³-hybridized carbons (Fsp3) is 0.600. The van der Waals surface area contributed by atoms with E-state index < -0.39 is 12.1 Å². The minimum atomic E-state index is -0.921. The predicted octanol–water partition coefficient (Wildman–Crippen LogP) is 1.54. The maximum Gasteiger partial charge on any atom is 0.407 e. The van der Waals surface area contributed by atoms with E-state index in [1.807, 2.05) is 0 Å². The number of hydrogen-bond acceptors (Lipinski definition) is 3. The molecule has 5 heteroatoms. The number of rotatable bonds is 5. The lowest BCUT2D eigenvalue weighted by Gasteiger charge is -2.11. The zero-order valence-electron chi connectivity index (χ0n) is 9.24. The van der Waals surface area contributed by atoms with E-state index in [4.69, 9.17) is 9.84 Å². The maximum absolute atomic E-state index is 10.8. The summed E-state index contributed by atoms with van der Waals surface area (Å²) in [6, 6.07) is 0. The van der Waals surface area contributed by atoms with Crippen molar-refractivity contribution in [2.75, 3.05) is 7.05 Å². The van der Waals surface area contributed by atoms with Gasteiger partial charge < -0.3 is 15.2 Å². The van der Waals surface area contributed by atoms with E-state index in [-0.39, 0.29) is 6.10 Å². The van der Waals surface area contributed by atoms with Gasteiger partial charge in [-0.3, -0.25) is 0 Å². The number of carbonyl (C=O) groups excluding carboxylic acids is 1. The van der Waals surface area contributed by atoms with Gasteiger partial charge in [0, 0.05) is 12.6 Å². The number of hydrogen-bond donors (Lipinski definition) is 2. The van der Waals surface area contributed by atoms with Crippen LogP contribution in [0.2, 0.25) is 0 Å². The summed E-state index contributed by atoms with van der Waals surface area (Å²) in [5, 5.41) is 10.9. The fourth-order valence-corrected chi connectivity index (χ4v) is 0.922. The molecule has 0 aromatic carbocycles. The van der Waals surface area contributed by atoms with Crippen LogP contribution in [0.25, 0.3) is 0 Å². The lowest BCUT2D eigenvalue weighted by molar-refractivity contribution is -0.132. The van der Waals surface area contributed by atoms with Crippen molar-refractivity contribution in [1.29, 1.82) is 0 Å². The third-order valence-corrected chi connectivity index (χ3v) is 1.87. The smallest absolute Gasteiger partial charge is 0.407 e. The molecule has 0 bridgehead atoms. The largest absolute Gasteiger partial charge is 0.478 e. The SMILES string of the molecule is CNC(=O)OC(C)CC/C=C(\C)C(=O)O. The summed E-state index contributed by atoms with van der Waals surface area (Å²) in [5.41, 5.74) is 0.308. The molecule has 0 aromatic rings. The first-order chi connectivity index (χ1) is 6.97. The fourth-order valence-electron chi connectivity index (χ4n) is 0.922. The van der Waals surface area contributed by atoms with Crippen LogP contribution in [0.1, 0.15) is 26.7 Å². The highest BCUT2D eigenvalue weighted by atomic mass is 16.6. The highest BCUT2D eigenvalue weighted by Gasteiger charge is 2.06. The van der Waals surface area contributed by atoms with Crippen molar-refractivity contribution in [1.82, 2.24) is 5.32 Å². The van der Waals surface area contributed by atoms with Crippen molar-refractivity contribution in [3.8, 4) is 0 Å². The monoisotopic (exact) mass is 215 g/mol. The Morgan fingerprint density at radius 3 is 2.60 bits per heavy atom. The first-order valence-corrected chi connectivity index (χ1v) is 4.75. The zero-order valence-corrected chi connectivity index (χ0v) is 9.24. The summed E-state index contributed by atoms with van der Waals surface area (Å²) in [5.74, 6) is -0.921. The molecule has 1 amide bonds. The first-order valence-electron chi connectivity index (χ1n) is 4.75. The molecule has 0 rings (SSSR count). The Labute approximate surface area is 89.1 Å². The molecule has 0 saturated heterocycles. The van der Waals surface area contributed by atoms with Gasteiger partial charge in [-0.05, 0) is 26.7 Å². The molecule has 1 atom stereocenters. The molecule has 0 radical (unpaired) electrons.